The van der Waals surface area contributed by atoms with Crippen LogP contribution < -0.4 is 10.2 Å². The van der Waals surface area contributed by atoms with Crippen LogP contribution in [0.15, 0.2) is 54.0 Å². The van der Waals surface area contributed by atoms with Crippen LogP contribution in [0, 0.1) is 6.92 Å². The van der Waals surface area contributed by atoms with Crippen LogP contribution >= 0.6 is 35.2 Å². The average Bonchev–Trinajstić information content (AvgIpc) is 3.20. The predicted octanol–water partition coefficient (Wildman–Crippen LogP) is 4.99. The molecule has 3 heterocycles. The van der Waals surface area contributed by atoms with Gasteiger partial charge in [0.15, 0.2) is 5.11 Å². The molecule has 2 N–H and O–H groups in total. The molecule has 2 aromatic heterocycles. The van der Waals surface area contributed by atoms with Gasteiger partial charge in [-0.3, -0.25) is 4.98 Å². The molecule has 1 aliphatic heterocycles. The minimum Gasteiger partial charge on any atom is -0.506 e. The summed E-state index contributed by atoms with van der Waals surface area (Å²) in [5, 5.41) is 17.0. The van der Waals surface area contributed by atoms with E-state index in [1.165, 1.54) is 10.4 Å². The zero-order valence-corrected chi connectivity index (χ0v) is 16.3. The zero-order valence-electron chi connectivity index (χ0n) is 13.9. The van der Waals surface area contributed by atoms with Crippen molar-refractivity contribution in [2.75, 3.05) is 4.90 Å². The monoisotopic (exact) mass is 401 g/mol. The van der Waals surface area contributed by atoms with E-state index in [-0.39, 0.29) is 17.8 Å². The molecular formula is C19H16ClN3OS2. The van der Waals surface area contributed by atoms with E-state index in [4.69, 9.17) is 23.8 Å². The van der Waals surface area contributed by atoms with Gasteiger partial charge < -0.3 is 15.3 Å². The maximum Gasteiger partial charge on any atom is 0.174 e. The van der Waals surface area contributed by atoms with Gasteiger partial charge in [0.2, 0.25) is 0 Å². The molecule has 0 saturated carbocycles. The highest BCUT2D eigenvalue weighted by molar-refractivity contribution is 7.80. The molecule has 3 aromatic rings. The number of thiocarbonyl (C=S) groups is 1. The lowest BCUT2D eigenvalue weighted by Gasteiger charge is -2.28. The second-order valence-electron chi connectivity index (χ2n) is 6.10. The Morgan fingerprint density at radius 3 is 2.81 bits per heavy atom. The zero-order chi connectivity index (χ0) is 18.3. The fourth-order valence-corrected chi connectivity index (χ4v) is 4.82. The Kier molecular flexibility index (Phi) is 4.56. The van der Waals surface area contributed by atoms with Gasteiger partial charge >= 0.3 is 0 Å². The first kappa shape index (κ1) is 17.3. The number of pyridine rings is 1. The molecule has 26 heavy (non-hydrogen) atoms. The fraction of sp³-hybridized carbons (Fsp3) is 0.158. The third-order valence-corrected chi connectivity index (χ3v) is 6.10. The lowest BCUT2D eigenvalue weighted by Crippen LogP contribution is -2.29. The van der Waals surface area contributed by atoms with E-state index in [2.05, 4.69) is 28.7 Å². The molecule has 7 heteroatoms. The number of phenols is 1. The number of nitrogens with zero attached hydrogens (tertiary/aromatic N) is 2. The highest BCUT2D eigenvalue weighted by atomic mass is 35.5. The third kappa shape index (κ3) is 2.94. The minimum absolute atomic E-state index is 0.123. The van der Waals surface area contributed by atoms with Crippen molar-refractivity contribution in [2.24, 2.45) is 0 Å². The molecule has 132 valence electrons. The van der Waals surface area contributed by atoms with E-state index >= 15 is 0 Å². The molecule has 0 bridgehead atoms. The molecule has 0 unspecified atom stereocenters. The molecule has 2 atom stereocenters. The van der Waals surface area contributed by atoms with Crippen molar-refractivity contribution in [1.82, 2.24) is 10.3 Å². The molecule has 1 saturated heterocycles. The Morgan fingerprint density at radius 1 is 1.27 bits per heavy atom. The van der Waals surface area contributed by atoms with E-state index in [0.29, 0.717) is 15.8 Å². The third-order valence-electron chi connectivity index (χ3n) is 4.47. The number of aryl methyl sites for hydroxylation is 1. The molecule has 4 rings (SSSR count). The second-order valence-corrected chi connectivity index (χ2v) is 7.87. The van der Waals surface area contributed by atoms with E-state index in [1.54, 1.807) is 35.7 Å². The predicted molar refractivity (Wildman–Crippen MR) is 110 cm³/mol. The van der Waals surface area contributed by atoms with Crippen molar-refractivity contribution in [1.29, 1.82) is 0 Å². The Labute approximate surface area is 166 Å². The number of benzene rings is 1. The molecule has 1 fully saturated rings. The first-order valence-electron chi connectivity index (χ1n) is 8.09. The van der Waals surface area contributed by atoms with E-state index in [9.17, 15) is 5.11 Å². The molecular weight excluding hydrogens is 386 g/mol. The molecule has 1 aromatic carbocycles. The van der Waals surface area contributed by atoms with Gasteiger partial charge in [-0.05, 0) is 66.5 Å². The quantitative estimate of drug-likeness (QED) is 0.605. The Hall–Kier alpha value is -2.15. The van der Waals surface area contributed by atoms with E-state index in [0.717, 1.165) is 5.69 Å². The number of anilines is 1. The Bertz CT molecular complexity index is 960. The molecule has 0 amide bonds. The van der Waals surface area contributed by atoms with Crippen LogP contribution in [0.2, 0.25) is 5.02 Å². The highest BCUT2D eigenvalue weighted by Gasteiger charge is 2.42. The Balaban J connectivity index is 1.88. The summed E-state index contributed by atoms with van der Waals surface area (Å²) in [6.45, 7) is 2.08. The summed E-state index contributed by atoms with van der Waals surface area (Å²) in [6.07, 6.45) is 1.78. The second kappa shape index (κ2) is 6.87. The van der Waals surface area contributed by atoms with Crippen LogP contribution in [-0.4, -0.2) is 15.2 Å². The molecule has 0 spiro atoms. The SMILES string of the molecule is Cc1ccsc1[C@@H]1[C@H](c2ccccn2)NC(=S)N1c1cc(Cl)ccc1O. The van der Waals surface area contributed by atoms with Gasteiger partial charge in [0.05, 0.1) is 23.5 Å². The van der Waals surface area contributed by atoms with Gasteiger partial charge in [0.25, 0.3) is 0 Å². The number of hydrogen-bond donors (Lipinski definition) is 2. The first-order chi connectivity index (χ1) is 12.6. The minimum atomic E-state index is -0.126. The maximum atomic E-state index is 10.5. The number of aromatic hydroxyl groups is 1. The lowest BCUT2D eigenvalue weighted by atomic mass is 10.0. The van der Waals surface area contributed by atoms with Crippen molar-refractivity contribution in [3.05, 3.63) is 75.2 Å². The molecule has 1 aliphatic rings. The lowest BCUT2D eigenvalue weighted by molar-refractivity contribution is 0.473. The summed E-state index contributed by atoms with van der Waals surface area (Å²) >= 11 is 13.5. The maximum absolute atomic E-state index is 10.5. The number of aromatic nitrogens is 1. The van der Waals surface area contributed by atoms with E-state index < -0.39 is 0 Å². The summed E-state index contributed by atoms with van der Waals surface area (Å²) in [5.41, 5.74) is 2.67. The van der Waals surface area contributed by atoms with Gasteiger partial charge in [-0.2, -0.15) is 0 Å². The number of rotatable bonds is 3. The van der Waals surface area contributed by atoms with Gasteiger partial charge in [0, 0.05) is 16.1 Å². The molecule has 0 aliphatic carbocycles. The highest BCUT2D eigenvalue weighted by Crippen LogP contribution is 2.46. The van der Waals surface area contributed by atoms with Gasteiger partial charge in [-0.25, -0.2) is 0 Å². The van der Waals surface area contributed by atoms with Crippen molar-refractivity contribution >= 4 is 46.0 Å². The largest absolute Gasteiger partial charge is 0.506 e. The van der Waals surface area contributed by atoms with Gasteiger partial charge in [-0.15, -0.1) is 11.3 Å². The van der Waals surface area contributed by atoms with Gasteiger partial charge in [0.1, 0.15) is 5.75 Å². The van der Waals surface area contributed by atoms with Crippen LogP contribution in [0.4, 0.5) is 5.69 Å². The standard InChI is InChI=1S/C19H16ClN3OS2/c1-11-7-9-26-18(11)17-16(13-4-2-3-8-21-13)22-19(25)23(17)14-10-12(20)5-6-15(14)24/h2-10,16-17,24H,1H3,(H,22,25)/t16-,17-/m0/s1. The summed E-state index contributed by atoms with van der Waals surface area (Å²) in [5.74, 6) is 0.138. The van der Waals surface area contributed by atoms with Crippen LogP contribution in [-0.2, 0) is 0 Å². The van der Waals surface area contributed by atoms with Crippen LogP contribution in [0.3, 0.4) is 0 Å². The van der Waals surface area contributed by atoms with Crippen molar-refractivity contribution in [3.63, 3.8) is 0 Å². The number of nitrogens with one attached hydrogen (secondary N) is 1. The number of thiophene rings is 1. The molecule has 4 nitrogen and oxygen atoms in total. The average molecular weight is 402 g/mol. The Morgan fingerprint density at radius 2 is 2.12 bits per heavy atom. The number of phenolic OH excluding ortho intramolecular Hbond substituents is 1. The normalized spacial score (nSPS) is 19.6. The first-order valence-corrected chi connectivity index (χ1v) is 9.76. The summed E-state index contributed by atoms with van der Waals surface area (Å²) in [4.78, 5) is 7.63. The van der Waals surface area contributed by atoms with Gasteiger partial charge in [-0.1, -0.05) is 17.7 Å². The smallest absolute Gasteiger partial charge is 0.174 e. The summed E-state index contributed by atoms with van der Waals surface area (Å²) in [7, 11) is 0. The van der Waals surface area contributed by atoms with Crippen LogP contribution in [0.5, 0.6) is 5.75 Å². The van der Waals surface area contributed by atoms with Crippen LogP contribution in [0.1, 0.15) is 28.2 Å². The number of hydrogen-bond acceptors (Lipinski definition) is 4. The topological polar surface area (TPSA) is 48.4 Å². The molecule has 0 radical (unpaired) electrons. The summed E-state index contributed by atoms with van der Waals surface area (Å²) < 4.78 is 0. The van der Waals surface area contributed by atoms with E-state index in [1.807, 2.05) is 23.1 Å². The number of halogens is 1. The summed E-state index contributed by atoms with van der Waals surface area (Å²) in [6, 6.07) is 12.7. The van der Waals surface area contributed by atoms with Crippen LogP contribution in [0.25, 0.3) is 0 Å². The fourth-order valence-electron chi connectivity index (χ4n) is 3.26. The van der Waals surface area contributed by atoms with Crippen molar-refractivity contribution in [3.8, 4) is 5.75 Å². The van der Waals surface area contributed by atoms with Crippen molar-refractivity contribution in [2.45, 2.75) is 19.0 Å². The van der Waals surface area contributed by atoms with Crippen molar-refractivity contribution < 1.29 is 5.11 Å².